The minimum atomic E-state index is -4.48. The van der Waals surface area contributed by atoms with Gasteiger partial charge in [0.1, 0.15) is 5.82 Å². The highest BCUT2D eigenvalue weighted by molar-refractivity contribution is 5.92. The van der Waals surface area contributed by atoms with Crippen molar-refractivity contribution in [2.24, 2.45) is 11.8 Å². The maximum absolute atomic E-state index is 14.0. The lowest BCUT2D eigenvalue weighted by atomic mass is 9.79. The molecule has 39 heavy (non-hydrogen) atoms. The molecule has 2 amide bonds. The van der Waals surface area contributed by atoms with E-state index < -0.39 is 17.8 Å². The van der Waals surface area contributed by atoms with Gasteiger partial charge in [-0.05, 0) is 68.0 Å². The smallest absolute Gasteiger partial charge is 0.374 e. The molecule has 0 spiro atoms. The number of carbonyl (C=O) groups is 2. The highest BCUT2D eigenvalue weighted by atomic mass is 19.4. The van der Waals surface area contributed by atoms with E-state index in [0.29, 0.717) is 36.6 Å². The van der Waals surface area contributed by atoms with Crippen molar-refractivity contribution in [2.45, 2.75) is 51.4 Å². The Bertz CT molecular complexity index is 1290. The van der Waals surface area contributed by atoms with Gasteiger partial charge < -0.3 is 14.7 Å². The van der Waals surface area contributed by atoms with Crippen molar-refractivity contribution in [1.82, 2.24) is 14.7 Å². The Hall–Kier alpha value is -3.36. The molecule has 4 atom stereocenters. The summed E-state index contributed by atoms with van der Waals surface area (Å²) in [6, 6.07) is 8.90. The van der Waals surface area contributed by atoms with Gasteiger partial charge in [-0.25, -0.2) is 9.18 Å². The number of hydrogen-bond acceptors (Lipinski definition) is 3. The van der Waals surface area contributed by atoms with Crippen molar-refractivity contribution in [2.75, 3.05) is 26.7 Å². The summed E-state index contributed by atoms with van der Waals surface area (Å²) >= 11 is 0. The van der Waals surface area contributed by atoms with E-state index >= 15 is 0 Å². The van der Waals surface area contributed by atoms with Crippen LogP contribution in [0.3, 0.4) is 0 Å². The number of benzene rings is 2. The van der Waals surface area contributed by atoms with Gasteiger partial charge in [-0.1, -0.05) is 23.8 Å². The quantitative estimate of drug-likeness (QED) is 0.413. The van der Waals surface area contributed by atoms with Crippen molar-refractivity contribution in [3.8, 4) is 0 Å². The molecule has 208 valence electrons. The molecule has 0 radical (unpaired) electrons. The first-order valence-corrected chi connectivity index (χ1v) is 13.4. The zero-order valence-corrected chi connectivity index (χ0v) is 22.3. The van der Waals surface area contributed by atoms with Crippen LogP contribution in [0.2, 0.25) is 0 Å². The number of alkyl halides is 3. The number of likely N-dealkylation sites (tertiary alicyclic amines) is 2. The average molecular weight is 544 g/mol. The van der Waals surface area contributed by atoms with Crippen LogP contribution in [0, 0.1) is 24.6 Å². The van der Waals surface area contributed by atoms with Crippen LogP contribution in [0.1, 0.15) is 60.5 Å². The SMILES string of the molecule is Cc1cc(C(C)N(C)C(=O)N2CCC3CN(C4=CC(=O)CC4)CC3C2c2ccc(F)cc2)cc(C(F)(F)F)c1. The van der Waals surface area contributed by atoms with E-state index in [1.165, 1.54) is 17.0 Å². The number of amides is 2. The van der Waals surface area contributed by atoms with Crippen LogP contribution < -0.4 is 0 Å². The van der Waals surface area contributed by atoms with Gasteiger partial charge in [0, 0.05) is 50.8 Å². The van der Waals surface area contributed by atoms with E-state index in [4.69, 9.17) is 0 Å². The summed E-state index contributed by atoms with van der Waals surface area (Å²) in [5, 5.41) is 0. The van der Waals surface area contributed by atoms with Gasteiger partial charge in [-0.3, -0.25) is 4.79 Å². The third kappa shape index (κ3) is 5.40. The summed E-state index contributed by atoms with van der Waals surface area (Å²) in [7, 11) is 1.62. The summed E-state index contributed by atoms with van der Waals surface area (Å²) in [4.78, 5) is 31.4. The monoisotopic (exact) mass is 543 g/mol. The van der Waals surface area contributed by atoms with Crippen LogP contribution in [-0.2, 0) is 11.0 Å². The van der Waals surface area contributed by atoms with E-state index in [9.17, 15) is 27.2 Å². The molecule has 5 nitrogen and oxygen atoms in total. The first-order chi connectivity index (χ1) is 18.4. The lowest BCUT2D eigenvalue weighted by Crippen LogP contribution is -2.50. The fraction of sp³-hybridized carbons (Fsp3) is 0.467. The molecule has 0 saturated carbocycles. The topological polar surface area (TPSA) is 43.9 Å². The Morgan fingerprint density at radius 2 is 1.79 bits per heavy atom. The number of carbonyl (C=O) groups excluding carboxylic acids is 2. The van der Waals surface area contributed by atoms with Crippen LogP contribution >= 0.6 is 0 Å². The Kier molecular flexibility index (Phi) is 7.20. The first kappa shape index (κ1) is 27.2. The van der Waals surface area contributed by atoms with Gasteiger partial charge in [-0.2, -0.15) is 13.2 Å². The molecule has 0 aromatic heterocycles. The third-order valence-corrected chi connectivity index (χ3v) is 8.58. The van der Waals surface area contributed by atoms with Crippen LogP contribution in [0.25, 0.3) is 0 Å². The first-order valence-electron chi connectivity index (χ1n) is 13.4. The molecule has 9 heteroatoms. The fourth-order valence-corrected chi connectivity index (χ4v) is 6.41. The van der Waals surface area contributed by atoms with Crippen LogP contribution in [0.5, 0.6) is 0 Å². The van der Waals surface area contributed by atoms with Crippen molar-refractivity contribution < 1.29 is 27.2 Å². The standard InChI is InChI=1S/C30H33F4N3O2/c1-18-12-22(14-23(13-18)30(32,33)34)19(2)35(3)29(39)37-11-10-21-16-36(25-8-9-26(38)15-25)17-27(21)28(37)20-4-6-24(31)7-5-20/h4-7,12-15,19,21,27-28H,8-11,16-17H2,1-3H3. The highest BCUT2D eigenvalue weighted by Crippen LogP contribution is 2.46. The second kappa shape index (κ2) is 10.3. The normalized spacial score (nSPS) is 24.0. The molecular formula is C30H33F4N3O2. The number of urea groups is 1. The number of hydrogen-bond donors (Lipinski definition) is 0. The molecule has 2 heterocycles. The van der Waals surface area contributed by atoms with Crippen molar-refractivity contribution in [1.29, 1.82) is 0 Å². The summed E-state index contributed by atoms with van der Waals surface area (Å²) in [5.74, 6) is 0.142. The molecule has 2 fully saturated rings. The molecular weight excluding hydrogens is 510 g/mol. The minimum absolute atomic E-state index is 0.0734. The average Bonchev–Trinajstić information content (AvgIpc) is 3.52. The van der Waals surface area contributed by atoms with Crippen LogP contribution in [0.15, 0.2) is 54.2 Å². The predicted octanol–water partition coefficient (Wildman–Crippen LogP) is 6.51. The molecule has 5 rings (SSSR count). The maximum atomic E-state index is 14.0. The number of halogens is 4. The van der Waals surface area contributed by atoms with Gasteiger partial charge in [0.05, 0.1) is 17.6 Å². The number of allylic oxidation sites excluding steroid dienone is 2. The lowest BCUT2D eigenvalue weighted by molar-refractivity contribution is -0.137. The summed E-state index contributed by atoms with van der Waals surface area (Å²) in [5.41, 5.74) is 2.02. The Morgan fingerprint density at radius 1 is 1.08 bits per heavy atom. The van der Waals surface area contributed by atoms with Gasteiger partial charge in [0.2, 0.25) is 0 Å². The molecule has 2 aromatic rings. The van der Waals surface area contributed by atoms with Gasteiger partial charge >= 0.3 is 12.2 Å². The molecule has 2 aromatic carbocycles. The Balaban J connectivity index is 1.43. The number of aryl methyl sites for hydroxylation is 1. The second-order valence-corrected chi connectivity index (χ2v) is 11.1. The van der Waals surface area contributed by atoms with Gasteiger partial charge in [0.25, 0.3) is 0 Å². The lowest BCUT2D eigenvalue weighted by Gasteiger charge is -2.45. The predicted molar refractivity (Wildman–Crippen MR) is 139 cm³/mol. The number of nitrogens with zero attached hydrogens (tertiary/aromatic N) is 3. The van der Waals surface area contributed by atoms with Crippen molar-refractivity contribution in [3.05, 3.63) is 82.3 Å². The van der Waals surface area contributed by atoms with Crippen molar-refractivity contribution >= 4 is 11.8 Å². The van der Waals surface area contributed by atoms with Crippen LogP contribution in [-0.4, -0.2) is 53.2 Å². The van der Waals surface area contributed by atoms with Gasteiger partial charge in [-0.15, -0.1) is 0 Å². The highest BCUT2D eigenvalue weighted by Gasteiger charge is 2.47. The van der Waals surface area contributed by atoms with Crippen LogP contribution in [0.4, 0.5) is 22.4 Å². The summed E-state index contributed by atoms with van der Waals surface area (Å²) in [6.07, 6.45) is -0.744. The number of rotatable bonds is 4. The largest absolute Gasteiger partial charge is 0.416 e. The van der Waals surface area contributed by atoms with Gasteiger partial charge in [0.15, 0.2) is 5.78 Å². The van der Waals surface area contributed by atoms with E-state index in [1.54, 1.807) is 50.1 Å². The summed E-state index contributed by atoms with van der Waals surface area (Å²) in [6.45, 7) is 5.31. The fourth-order valence-electron chi connectivity index (χ4n) is 6.41. The Morgan fingerprint density at radius 3 is 2.44 bits per heavy atom. The summed E-state index contributed by atoms with van der Waals surface area (Å²) < 4.78 is 54.3. The molecule has 1 aliphatic carbocycles. The molecule has 4 unspecified atom stereocenters. The van der Waals surface area contributed by atoms with Crippen molar-refractivity contribution in [3.63, 3.8) is 0 Å². The molecule has 2 saturated heterocycles. The Labute approximate surface area is 226 Å². The van der Waals surface area contributed by atoms with E-state index in [1.807, 2.05) is 0 Å². The second-order valence-electron chi connectivity index (χ2n) is 11.1. The molecule has 3 aliphatic rings. The zero-order valence-electron chi connectivity index (χ0n) is 22.3. The zero-order chi connectivity index (χ0) is 28.1. The van der Waals surface area contributed by atoms with E-state index in [-0.39, 0.29) is 29.6 Å². The number of fused-ring (bicyclic) bond motifs is 1. The maximum Gasteiger partial charge on any atom is 0.416 e. The minimum Gasteiger partial charge on any atom is -0.374 e. The number of piperidine rings is 1. The molecule has 2 aliphatic heterocycles. The number of ketones is 1. The molecule has 0 bridgehead atoms. The third-order valence-electron chi connectivity index (χ3n) is 8.58. The van der Waals surface area contributed by atoms with E-state index in [0.717, 1.165) is 42.8 Å². The molecule has 0 N–H and O–H groups in total. The van der Waals surface area contributed by atoms with E-state index in [2.05, 4.69) is 4.90 Å².